The van der Waals surface area contributed by atoms with Gasteiger partial charge in [0.05, 0.1) is 5.57 Å². The molecule has 0 atom stereocenters. The number of aryl methyl sites for hydroxylation is 1. The second kappa shape index (κ2) is 9.43. The molecule has 1 N–H and O–H groups in total. The van der Waals surface area contributed by atoms with E-state index in [0.29, 0.717) is 16.6 Å². The predicted molar refractivity (Wildman–Crippen MR) is 137 cm³/mol. The summed E-state index contributed by atoms with van der Waals surface area (Å²) in [6, 6.07) is 12.7. The number of amidine groups is 2. The van der Waals surface area contributed by atoms with E-state index in [-0.39, 0.29) is 22.1 Å². The first-order valence-electron chi connectivity index (χ1n) is 11.4. The Morgan fingerprint density at radius 1 is 1.06 bits per heavy atom. The molecule has 0 aromatic heterocycles. The number of thioether (sulfide) groups is 1. The van der Waals surface area contributed by atoms with E-state index < -0.39 is 16.0 Å². The van der Waals surface area contributed by atoms with Gasteiger partial charge in [0.2, 0.25) is 5.17 Å². The number of carbonyl (C=O) groups is 1. The molecule has 0 radical (unpaired) electrons. The van der Waals surface area contributed by atoms with E-state index in [2.05, 4.69) is 10.1 Å². The maximum Gasteiger partial charge on any atom is 0.339 e. The molecule has 5 rings (SSSR count). The van der Waals surface area contributed by atoms with Gasteiger partial charge in [-0.3, -0.25) is 10.2 Å². The molecule has 1 fully saturated rings. The first kappa shape index (κ1) is 23.5. The fourth-order valence-corrected chi connectivity index (χ4v) is 6.18. The first-order chi connectivity index (χ1) is 16.8. The normalized spacial score (nSPS) is 20.0. The minimum absolute atomic E-state index is 0.0133. The topological polar surface area (TPSA) is 112 Å². The quantitative estimate of drug-likeness (QED) is 0.451. The summed E-state index contributed by atoms with van der Waals surface area (Å²) < 4.78 is 30.2. The Bertz CT molecular complexity index is 1370. The molecular weight excluding hydrogens is 484 g/mol. The Balaban J connectivity index is 1.32. The molecule has 10 heteroatoms. The van der Waals surface area contributed by atoms with Crippen LogP contribution in [0.3, 0.4) is 0 Å². The van der Waals surface area contributed by atoms with Gasteiger partial charge < -0.3 is 4.18 Å². The number of hydrogen-bond acceptors (Lipinski definition) is 7. The van der Waals surface area contributed by atoms with Gasteiger partial charge in [-0.2, -0.15) is 23.5 Å². The monoisotopic (exact) mass is 508 g/mol. The van der Waals surface area contributed by atoms with Gasteiger partial charge >= 0.3 is 10.1 Å². The Kier molecular flexibility index (Phi) is 6.33. The van der Waals surface area contributed by atoms with E-state index in [9.17, 15) is 13.2 Å². The zero-order valence-corrected chi connectivity index (χ0v) is 20.7. The van der Waals surface area contributed by atoms with Gasteiger partial charge in [-0.05, 0) is 67.4 Å². The fraction of sp³-hybridized carbons (Fsp3) is 0.280. The van der Waals surface area contributed by atoms with Crippen molar-refractivity contribution >= 4 is 49.9 Å². The summed E-state index contributed by atoms with van der Waals surface area (Å²) in [5.74, 6) is 0.00793. The van der Waals surface area contributed by atoms with Crippen LogP contribution in [0.25, 0.3) is 6.08 Å². The number of hydrazone groups is 1. The van der Waals surface area contributed by atoms with Crippen molar-refractivity contribution in [2.75, 3.05) is 0 Å². The van der Waals surface area contributed by atoms with Crippen molar-refractivity contribution < 1.29 is 17.4 Å². The Labute approximate surface area is 208 Å². The molecule has 0 saturated heterocycles. The molecule has 1 aliphatic carbocycles. The lowest BCUT2D eigenvalue weighted by Crippen LogP contribution is -2.35. The van der Waals surface area contributed by atoms with Crippen LogP contribution in [0.15, 0.2) is 69.1 Å². The summed E-state index contributed by atoms with van der Waals surface area (Å²) in [5.41, 5.74) is 1.69. The van der Waals surface area contributed by atoms with Gasteiger partial charge in [-0.25, -0.2) is 0 Å². The average molecular weight is 509 g/mol. The third-order valence-corrected chi connectivity index (χ3v) is 8.46. The Morgan fingerprint density at radius 2 is 1.74 bits per heavy atom. The van der Waals surface area contributed by atoms with E-state index >= 15 is 0 Å². The van der Waals surface area contributed by atoms with Crippen molar-refractivity contribution in [2.45, 2.75) is 43.9 Å². The molecule has 0 unspecified atom stereocenters. The van der Waals surface area contributed by atoms with Crippen molar-refractivity contribution in [3.05, 3.63) is 65.2 Å². The number of amides is 1. The van der Waals surface area contributed by atoms with Crippen LogP contribution in [0.4, 0.5) is 0 Å². The highest BCUT2D eigenvalue weighted by Crippen LogP contribution is 2.36. The predicted octanol–water partition coefficient (Wildman–Crippen LogP) is 4.96. The minimum atomic E-state index is -3.96. The molecule has 2 aliphatic heterocycles. The van der Waals surface area contributed by atoms with Crippen LogP contribution in [-0.4, -0.2) is 35.4 Å². The lowest BCUT2D eigenvalue weighted by atomic mass is 9.90. The maximum absolute atomic E-state index is 12.7. The highest BCUT2D eigenvalue weighted by atomic mass is 32.2. The van der Waals surface area contributed by atoms with Crippen LogP contribution in [-0.2, 0) is 14.9 Å². The van der Waals surface area contributed by atoms with Crippen molar-refractivity contribution in [2.24, 2.45) is 16.0 Å². The van der Waals surface area contributed by atoms with Crippen LogP contribution in [0.5, 0.6) is 5.75 Å². The zero-order valence-electron chi connectivity index (χ0n) is 19.1. The zero-order chi connectivity index (χ0) is 24.6. The average Bonchev–Trinajstić information content (AvgIpc) is 3.28. The molecule has 1 amide bonds. The number of hydrogen-bond donors (Lipinski definition) is 1. The fourth-order valence-electron chi connectivity index (χ4n) is 4.19. The number of nitrogens with one attached hydrogen (secondary N) is 1. The second-order valence-corrected chi connectivity index (χ2v) is 11.2. The molecule has 35 heavy (non-hydrogen) atoms. The molecule has 3 aliphatic rings. The first-order valence-corrected chi connectivity index (χ1v) is 13.6. The van der Waals surface area contributed by atoms with E-state index in [4.69, 9.17) is 9.59 Å². The van der Waals surface area contributed by atoms with Crippen molar-refractivity contribution in [3.63, 3.8) is 0 Å². The summed E-state index contributed by atoms with van der Waals surface area (Å²) >= 11 is 1.39. The number of fused-ring (bicyclic) bond motifs is 1. The maximum atomic E-state index is 12.7. The molecular formula is C25H24N4O4S2. The van der Waals surface area contributed by atoms with Crippen LogP contribution in [0.1, 0.15) is 43.2 Å². The van der Waals surface area contributed by atoms with Crippen molar-refractivity contribution in [1.29, 1.82) is 5.41 Å². The lowest BCUT2D eigenvalue weighted by Gasteiger charge is -2.20. The van der Waals surface area contributed by atoms with Crippen LogP contribution < -0.4 is 4.18 Å². The van der Waals surface area contributed by atoms with E-state index in [1.807, 2.05) is 6.92 Å². The van der Waals surface area contributed by atoms with Crippen molar-refractivity contribution in [1.82, 2.24) is 5.01 Å². The highest BCUT2D eigenvalue weighted by Gasteiger charge is 2.37. The number of nitrogens with zero attached hydrogens (tertiary/aromatic N) is 3. The van der Waals surface area contributed by atoms with Gasteiger partial charge in [0, 0.05) is 5.92 Å². The summed E-state index contributed by atoms with van der Waals surface area (Å²) in [6.45, 7) is 1.87. The number of benzene rings is 2. The highest BCUT2D eigenvalue weighted by molar-refractivity contribution is 8.27. The standard InChI is InChI=1S/C25H24N4O4S2/c1-16-7-13-20(14-8-16)35(31,32)33-19-11-9-17(10-12-19)15-21-22(26)29-25(27-23(21)30)34-24(28-29)18-5-3-2-4-6-18/h7-15,18,26H,2-6H2,1H3/b21-15-,26-22?. The summed E-state index contributed by atoms with van der Waals surface area (Å²) in [7, 11) is -3.96. The molecule has 1 saturated carbocycles. The third kappa shape index (κ3) is 4.94. The van der Waals surface area contributed by atoms with Crippen LogP contribution >= 0.6 is 11.8 Å². The van der Waals surface area contributed by atoms with E-state index in [1.165, 1.54) is 60.3 Å². The van der Waals surface area contributed by atoms with Gasteiger partial charge in [0.1, 0.15) is 15.7 Å². The summed E-state index contributed by atoms with van der Waals surface area (Å²) in [6.07, 6.45) is 7.29. The van der Waals surface area contributed by atoms with Gasteiger partial charge in [0.25, 0.3) is 5.91 Å². The van der Waals surface area contributed by atoms with Gasteiger partial charge in [-0.15, -0.1) is 0 Å². The van der Waals surface area contributed by atoms with Crippen LogP contribution in [0.2, 0.25) is 0 Å². The van der Waals surface area contributed by atoms with Gasteiger partial charge in [0.15, 0.2) is 5.84 Å². The molecule has 180 valence electrons. The molecule has 2 aromatic carbocycles. The molecule has 2 aromatic rings. The molecule has 2 heterocycles. The molecule has 0 bridgehead atoms. The van der Waals surface area contributed by atoms with E-state index in [0.717, 1.165) is 23.4 Å². The number of carbonyl (C=O) groups excluding carboxylic acids is 1. The molecule has 8 nitrogen and oxygen atoms in total. The Morgan fingerprint density at radius 3 is 2.43 bits per heavy atom. The third-order valence-electron chi connectivity index (χ3n) is 6.13. The van der Waals surface area contributed by atoms with Gasteiger partial charge in [-0.1, -0.05) is 49.1 Å². The number of rotatable bonds is 5. The largest absolute Gasteiger partial charge is 0.379 e. The Hall–Kier alpha value is -3.24. The lowest BCUT2D eigenvalue weighted by molar-refractivity contribution is -0.114. The summed E-state index contributed by atoms with van der Waals surface area (Å²) in [5, 5.41) is 16.0. The van der Waals surface area contributed by atoms with Crippen LogP contribution in [0, 0.1) is 18.3 Å². The molecule has 0 spiro atoms. The minimum Gasteiger partial charge on any atom is -0.379 e. The summed E-state index contributed by atoms with van der Waals surface area (Å²) in [4.78, 5) is 16.9. The second-order valence-electron chi connectivity index (χ2n) is 8.71. The SMILES string of the molecule is Cc1ccc(S(=O)(=O)Oc2ccc(/C=C3/C(=N)N4N=C(C5CCCCC5)SC4=NC3=O)cc2)cc1. The smallest absolute Gasteiger partial charge is 0.339 e. The van der Waals surface area contributed by atoms with E-state index in [1.54, 1.807) is 30.3 Å². The van der Waals surface area contributed by atoms with Crippen molar-refractivity contribution in [3.8, 4) is 5.75 Å². The number of aliphatic imine (C=N–C) groups is 1.